The van der Waals surface area contributed by atoms with Crippen molar-refractivity contribution in [2.45, 2.75) is 44.8 Å². The van der Waals surface area contributed by atoms with E-state index in [1.165, 1.54) is 12.1 Å². The Hall–Kier alpha value is -2.21. The van der Waals surface area contributed by atoms with E-state index >= 15 is 0 Å². The third kappa shape index (κ3) is 1.26. The highest BCUT2D eigenvalue weighted by Crippen LogP contribution is 2.80. The van der Waals surface area contributed by atoms with Crippen molar-refractivity contribution in [2.75, 3.05) is 0 Å². The van der Waals surface area contributed by atoms with Gasteiger partial charge < -0.3 is 14.9 Å². The van der Waals surface area contributed by atoms with Crippen LogP contribution >= 0.6 is 0 Å². The third-order valence-electron chi connectivity index (χ3n) is 8.70. The summed E-state index contributed by atoms with van der Waals surface area (Å²) in [5.41, 5.74) is -2.27. The summed E-state index contributed by atoms with van der Waals surface area (Å²) in [5.74, 6) is -2.92. The Kier molecular flexibility index (Phi) is 2.41. The summed E-state index contributed by atoms with van der Waals surface area (Å²) < 4.78 is 6.30. The minimum Gasteiger partial charge on any atom is -0.507 e. The topological polar surface area (TPSA) is 101 Å². The number of ketones is 3. The van der Waals surface area contributed by atoms with E-state index in [4.69, 9.17) is 4.74 Å². The highest BCUT2D eigenvalue weighted by atomic mass is 16.5. The molecule has 5 aliphatic rings. The minimum atomic E-state index is -0.964. The number of hydrogen-bond acceptors (Lipinski definition) is 6. The number of phenols is 2. The lowest BCUT2D eigenvalue weighted by atomic mass is 9.49. The number of benzene rings is 1. The number of carbonyl (C=O) groups excluding carboxylic acids is 3. The highest BCUT2D eigenvalue weighted by Gasteiger charge is 2.87. The molecule has 0 radical (unpaired) electrons. The predicted molar refractivity (Wildman–Crippen MR) is 91.6 cm³/mol. The maximum Gasteiger partial charge on any atom is 0.174 e. The number of Topliss-reactive ketones (excluding diaryl/α,β-unsaturated/α-hetero) is 3. The summed E-state index contributed by atoms with van der Waals surface area (Å²) in [5, 5.41) is 20.5. The summed E-state index contributed by atoms with van der Waals surface area (Å²) in [6.07, 6.45) is 1.28. The second-order valence-electron chi connectivity index (χ2n) is 9.44. The van der Waals surface area contributed by atoms with Crippen molar-refractivity contribution in [1.82, 2.24) is 0 Å². The van der Waals surface area contributed by atoms with E-state index in [1.54, 1.807) is 0 Å². The van der Waals surface area contributed by atoms with E-state index in [1.807, 2.05) is 0 Å². The van der Waals surface area contributed by atoms with E-state index in [2.05, 4.69) is 13.8 Å². The second-order valence-corrected chi connectivity index (χ2v) is 9.44. The molecular weight excluding hydrogens is 348 g/mol. The van der Waals surface area contributed by atoms with E-state index < -0.39 is 34.7 Å². The Morgan fingerprint density at radius 2 is 1.67 bits per heavy atom. The van der Waals surface area contributed by atoms with Crippen LogP contribution in [0.25, 0.3) is 0 Å². The van der Waals surface area contributed by atoms with Crippen molar-refractivity contribution in [3.8, 4) is 11.5 Å². The van der Waals surface area contributed by atoms with Gasteiger partial charge in [0.2, 0.25) is 0 Å². The number of fused-ring (bicyclic) bond motifs is 5. The van der Waals surface area contributed by atoms with Gasteiger partial charge in [-0.2, -0.15) is 0 Å². The van der Waals surface area contributed by atoms with E-state index in [9.17, 15) is 24.6 Å². The number of hydrogen-bond donors (Lipinski definition) is 2. The van der Waals surface area contributed by atoms with Gasteiger partial charge in [0.15, 0.2) is 17.3 Å². The van der Waals surface area contributed by atoms with E-state index in [-0.39, 0.29) is 45.5 Å². The van der Waals surface area contributed by atoms with Crippen molar-refractivity contribution in [2.24, 2.45) is 28.6 Å². The zero-order chi connectivity index (χ0) is 19.1. The van der Waals surface area contributed by atoms with Crippen LogP contribution in [0, 0.1) is 28.6 Å². The standard InChI is InChI=1S/C21H20O6/c1-19(2)8-5-6-20(19)18(26)17-13-14(21(20,7-8)27-17)16(25)12-10(23)4-3-9(22)11(12)15(13)24/h3-4,8,13-14,17,22-23H,5-7H2,1-2H3. The monoisotopic (exact) mass is 368 g/mol. The average molecular weight is 368 g/mol. The van der Waals surface area contributed by atoms with Crippen molar-refractivity contribution in [3.63, 3.8) is 0 Å². The van der Waals surface area contributed by atoms with Gasteiger partial charge in [-0.05, 0) is 42.7 Å². The highest BCUT2D eigenvalue weighted by molar-refractivity contribution is 6.22. The largest absolute Gasteiger partial charge is 0.507 e. The first-order valence-corrected chi connectivity index (χ1v) is 9.54. The van der Waals surface area contributed by atoms with Crippen molar-refractivity contribution >= 4 is 17.3 Å². The zero-order valence-corrected chi connectivity index (χ0v) is 15.1. The summed E-state index contributed by atoms with van der Waals surface area (Å²) in [4.78, 5) is 40.3. The minimum absolute atomic E-state index is 0.0435. The van der Waals surface area contributed by atoms with Crippen LogP contribution in [0.2, 0.25) is 0 Å². The molecule has 6 unspecified atom stereocenters. The molecule has 0 amide bonds. The van der Waals surface area contributed by atoms with Crippen LogP contribution < -0.4 is 0 Å². The van der Waals surface area contributed by atoms with Crippen LogP contribution in [0.4, 0.5) is 0 Å². The van der Waals surface area contributed by atoms with Crippen LogP contribution in [0.15, 0.2) is 12.1 Å². The molecule has 6 nitrogen and oxygen atoms in total. The Bertz CT molecular complexity index is 993. The molecule has 2 spiro atoms. The molecule has 4 bridgehead atoms. The number of phenolic OH excluding ortho intramolecular Hbond substituents is 2. The Morgan fingerprint density at radius 3 is 2.30 bits per heavy atom. The fraction of sp³-hybridized carbons (Fsp3) is 0.571. The lowest BCUT2D eigenvalue weighted by molar-refractivity contribution is -0.138. The predicted octanol–water partition coefficient (Wildman–Crippen LogP) is 2.26. The first-order chi connectivity index (χ1) is 12.7. The number of aromatic hydroxyl groups is 2. The molecule has 6 atom stereocenters. The normalized spacial score (nSPS) is 45.2. The van der Waals surface area contributed by atoms with E-state index in [0.29, 0.717) is 12.8 Å². The number of carbonyl (C=O) groups is 3. The molecule has 140 valence electrons. The summed E-state index contributed by atoms with van der Waals surface area (Å²) >= 11 is 0. The van der Waals surface area contributed by atoms with Gasteiger partial charge in [0, 0.05) is 0 Å². The molecule has 2 aliphatic heterocycles. The van der Waals surface area contributed by atoms with E-state index in [0.717, 1.165) is 6.42 Å². The van der Waals surface area contributed by atoms with Crippen LogP contribution in [0.5, 0.6) is 11.5 Å². The maximum atomic E-state index is 13.5. The molecule has 2 heterocycles. The summed E-state index contributed by atoms with van der Waals surface area (Å²) in [7, 11) is 0. The molecular formula is C21H20O6. The van der Waals surface area contributed by atoms with Gasteiger partial charge in [-0.25, -0.2) is 0 Å². The average Bonchev–Trinajstić information content (AvgIpc) is 3.24. The van der Waals surface area contributed by atoms with Gasteiger partial charge in [0.05, 0.1) is 34.0 Å². The number of ether oxygens (including phenoxy) is 1. The molecule has 27 heavy (non-hydrogen) atoms. The van der Waals surface area contributed by atoms with Gasteiger partial charge in [-0.1, -0.05) is 13.8 Å². The molecule has 2 N–H and O–H groups in total. The van der Waals surface area contributed by atoms with Gasteiger partial charge in [-0.3, -0.25) is 14.4 Å². The van der Waals surface area contributed by atoms with Gasteiger partial charge >= 0.3 is 0 Å². The van der Waals surface area contributed by atoms with Crippen LogP contribution in [0.3, 0.4) is 0 Å². The molecule has 1 aromatic rings. The van der Waals surface area contributed by atoms with Crippen LogP contribution in [0.1, 0.15) is 53.8 Å². The molecule has 1 aromatic carbocycles. The third-order valence-corrected chi connectivity index (χ3v) is 8.70. The van der Waals surface area contributed by atoms with Gasteiger partial charge in [0.25, 0.3) is 0 Å². The van der Waals surface area contributed by atoms with Gasteiger partial charge in [0.1, 0.15) is 17.6 Å². The maximum absolute atomic E-state index is 13.5. The number of rotatable bonds is 0. The first kappa shape index (κ1) is 15.8. The lowest BCUT2D eigenvalue weighted by Gasteiger charge is -2.49. The molecule has 6 heteroatoms. The fourth-order valence-electron chi connectivity index (χ4n) is 7.63. The van der Waals surface area contributed by atoms with Crippen LogP contribution in [-0.4, -0.2) is 39.3 Å². The molecule has 2 saturated carbocycles. The van der Waals surface area contributed by atoms with Crippen molar-refractivity contribution < 1.29 is 29.3 Å². The van der Waals surface area contributed by atoms with Crippen molar-refractivity contribution in [1.29, 1.82) is 0 Å². The Morgan fingerprint density at radius 1 is 1.04 bits per heavy atom. The Labute approximate surface area is 155 Å². The SMILES string of the molecule is CC1(C)C2CCC13C(=O)C1OC3(C2)C2C(=O)c3c(O)ccc(O)c3C(=O)C12. The zero-order valence-electron chi connectivity index (χ0n) is 15.1. The lowest BCUT2D eigenvalue weighted by Crippen LogP contribution is -2.62. The molecule has 4 fully saturated rings. The quantitative estimate of drug-likeness (QED) is 0.681. The van der Waals surface area contributed by atoms with Gasteiger partial charge in [-0.15, -0.1) is 0 Å². The molecule has 0 aromatic heterocycles. The Balaban J connectivity index is 1.63. The van der Waals surface area contributed by atoms with Crippen molar-refractivity contribution in [3.05, 3.63) is 23.3 Å². The fourth-order valence-corrected chi connectivity index (χ4v) is 7.63. The van der Waals surface area contributed by atoms with Crippen LogP contribution in [-0.2, 0) is 9.53 Å². The second kappa shape index (κ2) is 4.12. The first-order valence-electron chi connectivity index (χ1n) is 9.54. The summed E-state index contributed by atoms with van der Waals surface area (Å²) in [6, 6.07) is 2.44. The molecule has 3 aliphatic carbocycles. The molecule has 2 saturated heterocycles. The summed E-state index contributed by atoms with van der Waals surface area (Å²) in [6.45, 7) is 4.17. The molecule has 6 rings (SSSR count). The smallest absolute Gasteiger partial charge is 0.174 e.